The molecule has 1 N–H and O–H groups in total. The molecule has 3 aromatic rings. The van der Waals surface area contributed by atoms with Crippen molar-refractivity contribution in [2.24, 2.45) is 0 Å². The van der Waals surface area contributed by atoms with Crippen molar-refractivity contribution < 1.29 is 23.1 Å². The smallest absolute Gasteiger partial charge is 0.374 e. The Bertz CT molecular complexity index is 1010. The minimum absolute atomic E-state index is 0.0225. The van der Waals surface area contributed by atoms with Gasteiger partial charge in [-0.15, -0.1) is 10.2 Å². The van der Waals surface area contributed by atoms with Crippen LogP contribution in [0.5, 0.6) is 0 Å². The minimum Gasteiger partial charge on any atom is -0.475 e. The number of hydrogen-bond donors (Lipinski definition) is 1. The average molecular weight is 363 g/mol. The highest BCUT2D eigenvalue weighted by atomic mass is 19.1. The maximum atomic E-state index is 14.2. The lowest BCUT2D eigenvalue weighted by molar-refractivity contribution is 0.0682. The van der Waals surface area contributed by atoms with Crippen molar-refractivity contribution >= 4 is 17.4 Å². The molecule has 1 aliphatic heterocycles. The van der Waals surface area contributed by atoms with Gasteiger partial charge in [-0.2, -0.15) is 0 Å². The number of alkyl halides is 1. The molecule has 2 aromatic heterocycles. The van der Waals surface area contributed by atoms with E-state index in [1.165, 1.54) is 21.7 Å². The van der Waals surface area contributed by atoms with E-state index in [0.29, 0.717) is 0 Å². The first-order valence-corrected chi connectivity index (χ1v) is 7.74. The van der Waals surface area contributed by atoms with Gasteiger partial charge in [-0.25, -0.2) is 22.9 Å². The molecule has 4 rings (SSSR count). The van der Waals surface area contributed by atoms with Gasteiger partial charge in [0, 0.05) is 12.0 Å². The summed E-state index contributed by atoms with van der Waals surface area (Å²) in [6, 6.07) is 2.25. The van der Waals surface area contributed by atoms with Crippen LogP contribution in [0.3, 0.4) is 0 Å². The Morgan fingerprint density at radius 1 is 1.27 bits per heavy atom. The molecule has 0 saturated carbocycles. The number of nitrogens with zero attached hydrogens (tertiary/aromatic N) is 5. The molecule has 0 spiro atoms. The molecule has 7 nitrogen and oxygen atoms in total. The largest absolute Gasteiger partial charge is 0.475 e. The van der Waals surface area contributed by atoms with E-state index in [-0.39, 0.29) is 35.8 Å². The normalized spacial score (nSPS) is 20.0. The first kappa shape index (κ1) is 16.3. The van der Waals surface area contributed by atoms with Crippen molar-refractivity contribution in [1.29, 1.82) is 0 Å². The van der Waals surface area contributed by atoms with E-state index < -0.39 is 29.8 Å². The SMILES string of the molecule is O=C(O)c1nnc2cnc(N3C[C@@H](F)C[C@@H]3c3cc(F)ccc3F)cn12. The van der Waals surface area contributed by atoms with Crippen LogP contribution >= 0.6 is 0 Å². The quantitative estimate of drug-likeness (QED) is 0.769. The molecule has 0 aliphatic carbocycles. The van der Waals surface area contributed by atoms with Crippen molar-refractivity contribution in [2.75, 3.05) is 11.4 Å². The number of anilines is 1. The lowest BCUT2D eigenvalue weighted by atomic mass is 10.0. The molecule has 1 fully saturated rings. The van der Waals surface area contributed by atoms with Gasteiger partial charge in [-0.1, -0.05) is 0 Å². The van der Waals surface area contributed by atoms with Crippen LogP contribution < -0.4 is 4.90 Å². The Balaban J connectivity index is 1.80. The molecule has 0 unspecified atom stereocenters. The van der Waals surface area contributed by atoms with Crippen molar-refractivity contribution in [3.05, 3.63) is 53.6 Å². The van der Waals surface area contributed by atoms with Gasteiger partial charge in [0.1, 0.15) is 23.6 Å². The van der Waals surface area contributed by atoms with Gasteiger partial charge in [0.15, 0.2) is 5.65 Å². The van der Waals surface area contributed by atoms with Crippen LogP contribution in [-0.4, -0.2) is 43.4 Å². The molecule has 2 atom stereocenters. The molecule has 1 aliphatic rings. The number of halogens is 3. The van der Waals surface area contributed by atoms with Gasteiger partial charge in [0.05, 0.1) is 25.0 Å². The lowest BCUT2D eigenvalue weighted by Gasteiger charge is -2.26. The van der Waals surface area contributed by atoms with E-state index in [1.807, 2.05) is 0 Å². The number of aromatic nitrogens is 4. The van der Waals surface area contributed by atoms with Crippen LogP contribution in [0.1, 0.15) is 28.6 Å². The fourth-order valence-electron chi connectivity index (χ4n) is 3.19. The van der Waals surface area contributed by atoms with Crippen molar-refractivity contribution in [1.82, 2.24) is 19.6 Å². The number of rotatable bonds is 3. The number of carbonyl (C=O) groups is 1. The molecule has 0 bridgehead atoms. The van der Waals surface area contributed by atoms with E-state index in [2.05, 4.69) is 15.2 Å². The monoisotopic (exact) mass is 363 g/mol. The molecule has 0 amide bonds. The van der Waals surface area contributed by atoms with E-state index in [4.69, 9.17) is 5.11 Å². The molecular weight excluding hydrogens is 351 g/mol. The number of carboxylic acid groups (broad SMARTS) is 1. The van der Waals surface area contributed by atoms with Crippen LogP contribution in [0.4, 0.5) is 19.0 Å². The Morgan fingerprint density at radius 3 is 2.85 bits per heavy atom. The highest BCUT2D eigenvalue weighted by Gasteiger charge is 2.36. The van der Waals surface area contributed by atoms with E-state index in [0.717, 1.165) is 18.2 Å². The third-order valence-corrected chi connectivity index (χ3v) is 4.33. The summed E-state index contributed by atoms with van der Waals surface area (Å²) in [6.45, 7) is -0.0797. The number of aromatic carboxylic acids is 1. The summed E-state index contributed by atoms with van der Waals surface area (Å²) in [4.78, 5) is 16.9. The molecule has 10 heteroatoms. The molecule has 134 valence electrons. The van der Waals surface area contributed by atoms with Crippen LogP contribution in [-0.2, 0) is 0 Å². The lowest BCUT2D eigenvalue weighted by Crippen LogP contribution is -2.25. The zero-order chi connectivity index (χ0) is 18.4. The molecule has 1 saturated heterocycles. The molecule has 3 heterocycles. The zero-order valence-corrected chi connectivity index (χ0v) is 13.2. The number of fused-ring (bicyclic) bond motifs is 1. The number of hydrogen-bond acceptors (Lipinski definition) is 5. The Kier molecular flexibility index (Phi) is 3.74. The Labute approximate surface area is 144 Å². The Morgan fingerprint density at radius 2 is 2.08 bits per heavy atom. The van der Waals surface area contributed by atoms with Crippen LogP contribution in [0.15, 0.2) is 30.6 Å². The van der Waals surface area contributed by atoms with Gasteiger partial charge in [-0.3, -0.25) is 4.40 Å². The highest BCUT2D eigenvalue weighted by molar-refractivity contribution is 5.84. The standard InChI is InChI=1S/C16H12F3N5O2/c17-8-1-2-11(19)10(3-8)12-4-9(18)6-23(12)14-7-24-13(5-20-14)21-22-15(24)16(25)26/h1-3,5,7,9,12H,4,6H2,(H,25,26)/t9-,12+/m0/s1. The van der Waals surface area contributed by atoms with Gasteiger partial charge in [-0.05, 0) is 18.2 Å². The topological polar surface area (TPSA) is 83.6 Å². The van der Waals surface area contributed by atoms with Gasteiger partial charge >= 0.3 is 5.97 Å². The van der Waals surface area contributed by atoms with Crippen molar-refractivity contribution in [2.45, 2.75) is 18.6 Å². The maximum Gasteiger partial charge on any atom is 0.374 e. The predicted molar refractivity (Wildman–Crippen MR) is 83.7 cm³/mol. The van der Waals surface area contributed by atoms with E-state index >= 15 is 0 Å². The van der Waals surface area contributed by atoms with E-state index in [9.17, 15) is 18.0 Å². The molecular formula is C16H12F3N5O2. The highest BCUT2D eigenvalue weighted by Crippen LogP contribution is 2.37. The summed E-state index contributed by atoms with van der Waals surface area (Å²) in [6.07, 6.45) is 1.34. The summed E-state index contributed by atoms with van der Waals surface area (Å²) in [5, 5.41) is 16.4. The fraction of sp³-hybridized carbons (Fsp3) is 0.250. The summed E-state index contributed by atoms with van der Waals surface area (Å²) in [5.74, 6) is -2.67. The number of carboxylic acids is 1. The second-order valence-corrected chi connectivity index (χ2v) is 5.97. The first-order chi connectivity index (χ1) is 12.4. The zero-order valence-electron chi connectivity index (χ0n) is 13.2. The average Bonchev–Trinajstić information content (AvgIpc) is 3.19. The summed E-state index contributed by atoms with van der Waals surface area (Å²) >= 11 is 0. The number of benzene rings is 1. The van der Waals surface area contributed by atoms with Crippen molar-refractivity contribution in [3.8, 4) is 0 Å². The third kappa shape index (κ3) is 2.63. The minimum atomic E-state index is -1.29. The summed E-state index contributed by atoms with van der Waals surface area (Å²) < 4.78 is 43.0. The first-order valence-electron chi connectivity index (χ1n) is 7.74. The van der Waals surface area contributed by atoms with E-state index in [1.54, 1.807) is 0 Å². The molecule has 0 radical (unpaired) electrons. The predicted octanol–water partition coefficient (Wildman–Crippen LogP) is 2.39. The Hall–Kier alpha value is -3.17. The second-order valence-electron chi connectivity index (χ2n) is 5.97. The van der Waals surface area contributed by atoms with Crippen LogP contribution in [0.2, 0.25) is 0 Å². The van der Waals surface area contributed by atoms with Gasteiger partial charge in [0.2, 0.25) is 5.82 Å². The maximum absolute atomic E-state index is 14.2. The summed E-state index contributed by atoms with van der Waals surface area (Å²) in [7, 11) is 0. The molecule has 1 aromatic carbocycles. The second kappa shape index (κ2) is 5.97. The van der Waals surface area contributed by atoms with Crippen LogP contribution in [0, 0.1) is 11.6 Å². The fourth-order valence-corrected chi connectivity index (χ4v) is 3.19. The van der Waals surface area contributed by atoms with Crippen LogP contribution in [0.25, 0.3) is 5.65 Å². The van der Waals surface area contributed by atoms with Gasteiger partial charge in [0.25, 0.3) is 0 Å². The van der Waals surface area contributed by atoms with Crippen molar-refractivity contribution in [3.63, 3.8) is 0 Å². The third-order valence-electron chi connectivity index (χ3n) is 4.33. The molecule has 26 heavy (non-hydrogen) atoms. The van der Waals surface area contributed by atoms with Gasteiger partial charge < -0.3 is 10.0 Å². The summed E-state index contributed by atoms with van der Waals surface area (Å²) in [5.41, 5.74) is 0.227.